The summed E-state index contributed by atoms with van der Waals surface area (Å²) in [4.78, 5) is 7.75. The van der Waals surface area contributed by atoms with Gasteiger partial charge in [0.2, 0.25) is 0 Å². The van der Waals surface area contributed by atoms with Gasteiger partial charge in [-0.05, 0) is 35.7 Å². The van der Waals surface area contributed by atoms with Gasteiger partial charge in [-0.3, -0.25) is 4.99 Å². The molecule has 0 aliphatic carbocycles. The van der Waals surface area contributed by atoms with Crippen LogP contribution in [0, 0.1) is 0 Å². The first-order chi connectivity index (χ1) is 9.83. The summed E-state index contributed by atoms with van der Waals surface area (Å²) in [6.45, 7) is 0.772. The minimum Gasteiger partial charge on any atom is -0.361 e. The second-order valence-electron chi connectivity index (χ2n) is 4.70. The second-order valence-corrected chi connectivity index (χ2v) is 5.14. The molecule has 20 heavy (non-hydrogen) atoms. The van der Waals surface area contributed by atoms with E-state index in [1.807, 2.05) is 36.5 Å². The molecule has 1 aromatic heterocycles. The van der Waals surface area contributed by atoms with Crippen LogP contribution in [0.2, 0.25) is 5.02 Å². The van der Waals surface area contributed by atoms with E-state index in [4.69, 9.17) is 11.6 Å². The van der Waals surface area contributed by atoms with Gasteiger partial charge in [0.05, 0.1) is 0 Å². The SMILES string of the molecule is Clc1cccc(C=NCCc2c[nH]c3ccccc23)c1. The molecule has 3 rings (SSSR count). The molecule has 3 aromatic rings. The molecule has 0 saturated heterocycles. The van der Waals surface area contributed by atoms with Gasteiger partial charge in [0.1, 0.15) is 0 Å². The normalized spacial score (nSPS) is 11.4. The van der Waals surface area contributed by atoms with Crippen molar-refractivity contribution in [2.24, 2.45) is 4.99 Å². The fourth-order valence-electron chi connectivity index (χ4n) is 2.28. The molecule has 0 unspecified atom stereocenters. The molecular weight excluding hydrogens is 268 g/mol. The zero-order chi connectivity index (χ0) is 13.8. The van der Waals surface area contributed by atoms with Crippen LogP contribution in [0.15, 0.2) is 59.7 Å². The highest BCUT2D eigenvalue weighted by molar-refractivity contribution is 6.30. The van der Waals surface area contributed by atoms with Crippen LogP contribution in [-0.4, -0.2) is 17.7 Å². The maximum Gasteiger partial charge on any atom is 0.0456 e. The lowest BCUT2D eigenvalue weighted by Crippen LogP contribution is -1.89. The minimum absolute atomic E-state index is 0.741. The van der Waals surface area contributed by atoms with Crippen molar-refractivity contribution < 1.29 is 0 Å². The Kier molecular flexibility index (Phi) is 3.84. The van der Waals surface area contributed by atoms with Gasteiger partial charge in [0, 0.05) is 34.9 Å². The molecule has 0 saturated carbocycles. The van der Waals surface area contributed by atoms with Gasteiger partial charge < -0.3 is 4.98 Å². The zero-order valence-corrected chi connectivity index (χ0v) is 11.8. The van der Waals surface area contributed by atoms with Crippen molar-refractivity contribution in [3.05, 3.63) is 70.9 Å². The Hall–Kier alpha value is -2.06. The average Bonchev–Trinajstić information content (AvgIpc) is 2.87. The number of hydrogen-bond acceptors (Lipinski definition) is 1. The third-order valence-corrected chi connectivity index (χ3v) is 3.51. The molecule has 0 amide bonds. The minimum atomic E-state index is 0.741. The van der Waals surface area contributed by atoms with Crippen LogP contribution in [0.25, 0.3) is 10.9 Å². The molecule has 2 nitrogen and oxygen atoms in total. The van der Waals surface area contributed by atoms with E-state index in [1.54, 1.807) is 0 Å². The number of nitrogens with one attached hydrogen (secondary N) is 1. The number of hydrogen-bond donors (Lipinski definition) is 1. The number of halogens is 1. The zero-order valence-electron chi connectivity index (χ0n) is 11.0. The number of rotatable bonds is 4. The van der Waals surface area contributed by atoms with Crippen LogP contribution in [0.3, 0.4) is 0 Å². The van der Waals surface area contributed by atoms with Crippen LogP contribution in [0.5, 0.6) is 0 Å². The van der Waals surface area contributed by atoms with E-state index in [9.17, 15) is 0 Å². The van der Waals surface area contributed by atoms with Crippen LogP contribution in [0.1, 0.15) is 11.1 Å². The molecule has 0 spiro atoms. The number of aromatic nitrogens is 1. The van der Waals surface area contributed by atoms with E-state index in [-0.39, 0.29) is 0 Å². The number of aromatic amines is 1. The third-order valence-electron chi connectivity index (χ3n) is 3.27. The molecule has 0 fully saturated rings. The van der Waals surface area contributed by atoms with Gasteiger partial charge in [-0.2, -0.15) is 0 Å². The van der Waals surface area contributed by atoms with Crippen LogP contribution in [-0.2, 0) is 6.42 Å². The number of H-pyrrole nitrogens is 1. The lowest BCUT2D eigenvalue weighted by Gasteiger charge is -1.97. The van der Waals surface area contributed by atoms with Crippen molar-refractivity contribution in [2.75, 3.05) is 6.54 Å². The Morgan fingerprint density at radius 1 is 1.10 bits per heavy atom. The summed E-state index contributed by atoms with van der Waals surface area (Å²) in [7, 11) is 0. The predicted octanol–water partition coefficient (Wildman–Crippen LogP) is 4.48. The van der Waals surface area contributed by atoms with Crippen molar-refractivity contribution in [1.29, 1.82) is 0 Å². The summed E-state index contributed by atoms with van der Waals surface area (Å²) >= 11 is 5.94. The van der Waals surface area contributed by atoms with Crippen LogP contribution >= 0.6 is 11.6 Å². The van der Waals surface area contributed by atoms with Gasteiger partial charge in [-0.1, -0.05) is 41.9 Å². The summed E-state index contributed by atoms with van der Waals surface area (Å²) in [5.74, 6) is 0. The Balaban J connectivity index is 1.65. The van der Waals surface area contributed by atoms with E-state index in [1.165, 1.54) is 16.5 Å². The monoisotopic (exact) mass is 282 g/mol. The Morgan fingerprint density at radius 2 is 2.00 bits per heavy atom. The van der Waals surface area contributed by atoms with E-state index in [0.29, 0.717) is 0 Å². The number of benzene rings is 2. The van der Waals surface area contributed by atoms with Gasteiger partial charge in [0.25, 0.3) is 0 Å². The van der Waals surface area contributed by atoms with Crippen molar-refractivity contribution >= 4 is 28.7 Å². The number of fused-ring (bicyclic) bond motifs is 1. The predicted molar refractivity (Wildman–Crippen MR) is 85.9 cm³/mol. The molecule has 0 atom stereocenters. The molecule has 0 aliphatic heterocycles. The second kappa shape index (κ2) is 5.93. The molecule has 2 aromatic carbocycles. The first-order valence-electron chi connectivity index (χ1n) is 6.63. The number of aliphatic imine (C=N–C) groups is 1. The quantitative estimate of drug-likeness (QED) is 0.683. The lowest BCUT2D eigenvalue weighted by molar-refractivity contribution is 0.981. The molecular formula is C17H15ClN2. The molecule has 1 heterocycles. The molecule has 0 bridgehead atoms. The van der Waals surface area contributed by atoms with Crippen molar-refractivity contribution in [1.82, 2.24) is 4.98 Å². The van der Waals surface area contributed by atoms with E-state index >= 15 is 0 Å². The topological polar surface area (TPSA) is 28.1 Å². The summed E-state index contributed by atoms with van der Waals surface area (Å²) in [6, 6.07) is 16.1. The maximum atomic E-state index is 5.94. The van der Waals surface area contributed by atoms with Crippen molar-refractivity contribution in [3.8, 4) is 0 Å². The van der Waals surface area contributed by atoms with Gasteiger partial charge in [-0.25, -0.2) is 0 Å². The van der Waals surface area contributed by atoms with Gasteiger partial charge in [0.15, 0.2) is 0 Å². The van der Waals surface area contributed by atoms with Crippen molar-refractivity contribution in [2.45, 2.75) is 6.42 Å². The first-order valence-corrected chi connectivity index (χ1v) is 7.01. The highest BCUT2D eigenvalue weighted by Crippen LogP contribution is 2.18. The number of para-hydroxylation sites is 1. The van der Waals surface area contributed by atoms with Crippen LogP contribution in [0.4, 0.5) is 0 Å². The van der Waals surface area contributed by atoms with E-state index < -0.39 is 0 Å². The largest absolute Gasteiger partial charge is 0.361 e. The summed E-state index contributed by atoms with van der Waals surface area (Å²) in [6.07, 6.45) is 4.88. The first kappa shape index (κ1) is 12.9. The highest BCUT2D eigenvalue weighted by atomic mass is 35.5. The summed E-state index contributed by atoms with van der Waals surface area (Å²) < 4.78 is 0. The summed E-state index contributed by atoms with van der Waals surface area (Å²) in [5.41, 5.74) is 3.53. The highest BCUT2D eigenvalue weighted by Gasteiger charge is 2.01. The lowest BCUT2D eigenvalue weighted by atomic mass is 10.1. The average molecular weight is 283 g/mol. The van der Waals surface area contributed by atoms with Gasteiger partial charge in [-0.15, -0.1) is 0 Å². The molecule has 0 radical (unpaired) electrons. The molecule has 100 valence electrons. The summed E-state index contributed by atoms with van der Waals surface area (Å²) in [5, 5.41) is 2.02. The fourth-order valence-corrected chi connectivity index (χ4v) is 2.48. The Morgan fingerprint density at radius 3 is 2.90 bits per heavy atom. The standard InChI is InChI=1S/C17H15ClN2/c18-15-5-3-4-13(10-15)11-19-9-8-14-12-20-17-7-2-1-6-16(14)17/h1-7,10-12,20H,8-9H2. The Bertz CT molecular complexity index is 743. The van der Waals surface area contributed by atoms with Crippen molar-refractivity contribution in [3.63, 3.8) is 0 Å². The van der Waals surface area contributed by atoms with Gasteiger partial charge >= 0.3 is 0 Å². The van der Waals surface area contributed by atoms with Crippen LogP contribution < -0.4 is 0 Å². The molecule has 3 heteroatoms. The molecule has 1 N–H and O–H groups in total. The fraction of sp³-hybridized carbons (Fsp3) is 0.118. The maximum absolute atomic E-state index is 5.94. The third kappa shape index (κ3) is 2.91. The van der Waals surface area contributed by atoms with E-state index in [2.05, 4.69) is 34.4 Å². The Labute approximate surface area is 123 Å². The smallest absolute Gasteiger partial charge is 0.0456 e. The molecule has 0 aliphatic rings. The number of nitrogens with zero attached hydrogens (tertiary/aromatic N) is 1. The van der Waals surface area contributed by atoms with E-state index in [0.717, 1.165) is 23.6 Å².